The van der Waals surface area contributed by atoms with Gasteiger partial charge in [-0.15, -0.1) is 0 Å². The number of hydrogen-bond acceptors (Lipinski definition) is 5. The van der Waals surface area contributed by atoms with E-state index in [-0.39, 0.29) is 18.7 Å². The third kappa shape index (κ3) is 3.51. The van der Waals surface area contributed by atoms with E-state index in [1.54, 1.807) is 0 Å². The maximum atomic E-state index is 12.6. The Morgan fingerprint density at radius 3 is 2.30 bits per heavy atom. The van der Waals surface area contributed by atoms with Gasteiger partial charge in [-0.25, -0.2) is 8.42 Å². The second-order valence-corrected chi connectivity index (χ2v) is 5.98. The van der Waals surface area contributed by atoms with Crippen LogP contribution in [0, 0.1) is 10.1 Å². The number of nitrogens with zero attached hydrogens (tertiary/aromatic N) is 1. The Bertz CT molecular complexity index is 644. The first-order valence-electron chi connectivity index (χ1n) is 4.95. The van der Waals surface area contributed by atoms with Gasteiger partial charge < -0.3 is 4.74 Å². The van der Waals surface area contributed by atoms with Crippen molar-refractivity contribution in [1.29, 1.82) is 0 Å². The van der Waals surface area contributed by atoms with Crippen molar-refractivity contribution in [2.45, 2.75) is 18.0 Å². The predicted molar refractivity (Wildman–Crippen MR) is 62.3 cm³/mol. The number of rotatable bonds is 4. The summed E-state index contributed by atoms with van der Waals surface area (Å²) in [6, 6.07) is 0.386. The normalized spacial score (nSPS) is 12.2. The molecule has 1 aromatic rings. The number of nitro groups is 1. The molecule has 0 radical (unpaired) electrons. The molecule has 0 bridgehead atoms. The molecule has 0 saturated carbocycles. The van der Waals surface area contributed by atoms with Gasteiger partial charge in [0.05, 0.1) is 17.1 Å². The van der Waals surface area contributed by atoms with Crippen molar-refractivity contribution in [2.24, 2.45) is 0 Å². The molecular formula is C9H7ClF3NO5S. The van der Waals surface area contributed by atoms with Crippen molar-refractivity contribution in [1.82, 2.24) is 0 Å². The molecule has 0 saturated heterocycles. The van der Waals surface area contributed by atoms with E-state index in [9.17, 15) is 31.7 Å². The fourth-order valence-corrected chi connectivity index (χ4v) is 2.35. The first kappa shape index (κ1) is 16.5. The molecule has 0 aliphatic rings. The average molecular weight is 334 g/mol. The topological polar surface area (TPSA) is 86.5 Å². The highest BCUT2D eigenvalue weighted by atomic mass is 35.7. The molecule has 1 aromatic carbocycles. The van der Waals surface area contributed by atoms with Crippen LogP contribution >= 0.6 is 10.7 Å². The number of halogens is 4. The molecule has 0 amide bonds. The fourth-order valence-electron chi connectivity index (χ4n) is 1.36. The SMILES string of the molecule is CCOc1c([N+](=O)[O-])cc(C(F)(F)F)cc1S(=O)(=O)Cl. The van der Waals surface area contributed by atoms with E-state index >= 15 is 0 Å². The van der Waals surface area contributed by atoms with Crippen molar-refractivity contribution in [2.75, 3.05) is 6.61 Å². The standard InChI is InChI=1S/C9H7ClF3NO5S/c1-2-19-8-6(14(15)16)3-5(9(11,12)13)4-7(8)20(10,17)18/h3-4H,2H2,1H3. The van der Waals surface area contributed by atoms with Gasteiger partial charge in [0.25, 0.3) is 9.05 Å². The third-order valence-corrected chi connectivity index (χ3v) is 3.44. The maximum absolute atomic E-state index is 12.6. The Morgan fingerprint density at radius 2 is 1.95 bits per heavy atom. The second-order valence-electron chi connectivity index (χ2n) is 3.45. The van der Waals surface area contributed by atoms with Crippen LogP contribution in [-0.2, 0) is 15.2 Å². The molecule has 0 fully saturated rings. The van der Waals surface area contributed by atoms with Gasteiger partial charge in [-0.05, 0) is 13.0 Å². The van der Waals surface area contributed by atoms with E-state index in [0.717, 1.165) is 0 Å². The highest BCUT2D eigenvalue weighted by Crippen LogP contribution is 2.41. The van der Waals surface area contributed by atoms with Gasteiger partial charge in [0.2, 0.25) is 5.75 Å². The summed E-state index contributed by atoms with van der Waals surface area (Å²) in [7, 11) is 0.349. The lowest BCUT2D eigenvalue weighted by atomic mass is 10.2. The van der Waals surface area contributed by atoms with Crippen LogP contribution in [-0.4, -0.2) is 19.9 Å². The number of hydrogen-bond donors (Lipinski definition) is 0. The van der Waals surface area contributed by atoms with Gasteiger partial charge in [0.1, 0.15) is 4.90 Å². The zero-order chi connectivity index (χ0) is 15.7. The van der Waals surface area contributed by atoms with Crippen molar-refractivity contribution < 1.29 is 31.2 Å². The number of alkyl halides is 3. The number of ether oxygens (including phenoxy) is 1. The van der Waals surface area contributed by atoms with E-state index in [0.29, 0.717) is 0 Å². The van der Waals surface area contributed by atoms with Gasteiger partial charge in [-0.1, -0.05) is 0 Å². The maximum Gasteiger partial charge on any atom is 0.416 e. The van der Waals surface area contributed by atoms with Crippen molar-refractivity contribution in [3.63, 3.8) is 0 Å². The quantitative estimate of drug-likeness (QED) is 0.480. The van der Waals surface area contributed by atoms with E-state index in [4.69, 9.17) is 15.4 Å². The van der Waals surface area contributed by atoms with Crippen molar-refractivity contribution in [3.8, 4) is 5.75 Å². The Morgan fingerprint density at radius 1 is 1.40 bits per heavy atom. The lowest BCUT2D eigenvalue weighted by Crippen LogP contribution is -2.10. The summed E-state index contributed by atoms with van der Waals surface area (Å²) in [6.45, 7) is 1.19. The van der Waals surface area contributed by atoms with E-state index < -0.39 is 42.0 Å². The molecule has 0 atom stereocenters. The third-order valence-electron chi connectivity index (χ3n) is 2.11. The molecule has 11 heteroatoms. The summed E-state index contributed by atoms with van der Waals surface area (Å²) in [5.74, 6) is -0.819. The highest BCUT2D eigenvalue weighted by Gasteiger charge is 2.37. The predicted octanol–water partition coefficient (Wildman–Crippen LogP) is 2.94. The van der Waals surface area contributed by atoms with Crippen LogP contribution in [0.4, 0.5) is 18.9 Å². The molecule has 0 aliphatic carbocycles. The fraction of sp³-hybridized carbons (Fsp3) is 0.333. The van der Waals surface area contributed by atoms with Crippen LogP contribution in [0.3, 0.4) is 0 Å². The van der Waals surface area contributed by atoms with Gasteiger partial charge in [-0.3, -0.25) is 10.1 Å². The molecular weight excluding hydrogens is 327 g/mol. The van der Waals surface area contributed by atoms with Gasteiger partial charge >= 0.3 is 11.9 Å². The second kappa shape index (κ2) is 5.44. The molecule has 1 rings (SSSR count). The summed E-state index contributed by atoms with van der Waals surface area (Å²) in [4.78, 5) is 8.51. The Balaban J connectivity index is 3.78. The molecule has 0 aromatic heterocycles. The number of nitro benzene ring substituents is 1. The monoisotopic (exact) mass is 333 g/mol. The first-order valence-corrected chi connectivity index (χ1v) is 7.26. The van der Waals surface area contributed by atoms with Crippen LogP contribution < -0.4 is 4.74 Å². The summed E-state index contributed by atoms with van der Waals surface area (Å²) >= 11 is 0. The van der Waals surface area contributed by atoms with Crippen molar-refractivity contribution >= 4 is 25.4 Å². The first-order chi connectivity index (χ1) is 8.98. The lowest BCUT2D eigenvalue weighted by molar-refractivity contribution is -0.386. The van der Waals surface area contributed by atoms with Crippen molar-refractivity contribution in [3.05, 3.63) is 27.8 Å². The average Bonchev–Trinajstić information content (AvgIpc) is 2.26. The molecule has 20 heavy (non-hydrogen) atoms. The van der Waals surface area contributed by atoms with E-state index in [1.807, 2.05) is 0 Å². The van der Waals surface area contributed by atoms with E-state index in [2.05, 4.69) is 0 Å². The van der Waals surface area contributed by atoms with Gasteiger partial charge in [-0.2, -0.15) is 13.2 Å². The van der Waals surface area contributed by atoms with Gasteiger partial charge in [0, 0.05) is 16.7 Å². The molecule has 6 nitrogen and oxygen atoms in total. The summed E-state index contributed by atoms with van der Waals surface area (Å²) < 4.78 is 65.2. The molecule has 112 valence electrons. The van der Waals surface area contributed by atoms with Crippen LogP contribution in [0.2, 0.25) is 0 Å². The summed E-state index contributed by atoms with van der Waals surface area (Å²) in [6.07, 6.45) is -4.97. The Hall–Kier alpha value is -1.55. The van der Waals surface area contributed by atoms with E-state index in [1.165, 1.54) is 6.92 Å². The minimum Gasteiger partial charge on any atom is -0.486 e. The highest BCUT2D eigenvalue weighted by molar-refractivity contribution is 8.13. The molecule has 0 N–H and O–H groups in total. The van der Waals surface area contributed by atoms with Gasteiger partial charge in [0.15, 0.2) is 0 Å². The molecule has 0 heterocycles. The molecule has 0 aliphatic heterocycles. The zero-order valence-corrected chi connectivity index (χ0v) is 11.3. The molecule has 0 spiro atoms. The summed E-state index contributed by atoms with van der Waals surface area (Å²) in [5.41, 5.74) is -2.63. The Kier molecular flexibility index (Phi) is 4.49. The lowest BCUT2D eigenvalue weighted by Gasteiger charge is -2.12. The Labute approximate surface area is 115 Å². The largest absolute Gasteiger partial charge is 0.486 e. The zero-order valence-electron chi connectivity index (χ0n) is 9.77. The summed E-state index contributed by atoms with van der Waals surface area (Å²) in [5, 5.41) is 10.8. The van der Waals surface area contributed by atoms with Crippen LogP contribution in [0.25, 0.3) is 0 Å². The minimum absolute atomic E-state index is 0.189. The molecule has 0 unspecified atom stereocenters. The van der Waals surface area contributed by atoms with Crippen LogP contribution in [0.5, 0.6) is 5.75 Å². The van der Waals surface area contributed by atoms with Crippen LogP contribution in [0.1, 0.15) is 12.5 Å². The minimum atomic E-state index is -4.97. The number of benzene rings is 1. The van der Waals surface area contributed by atoms with Crippen LogP contribution in [0.15, 0.2) is 17.0 Å². The smallest absolute Gasteiger partial charge is 0.416 e.